The number of anilines is 1. The number of benzene rings is 1. The van der Waals surface area contributed by atoms with E-state index >= 15 is 0 Å². The van der Waals surface area contributed by atoms with Gasteiger partial charge in [-0.15, -0.1) is 0 Å². The summed E-state index contributed by atoms with van der Waals surface area (Å²) in [5.41, 5.74) is 4.45. The summed E-state index contributed by atoms with van der Waals surface area (Å²) >= 11 is 0. The molecule has 1 aliphatic rings. The Morgan fingerprint density at radius 3 is 2.94 bits per heavy atom. The van der Waals surface area contributed by atoms with Crippen molar-refractivity contribution < 1.29 is 4.92 Å². The molecule has 1 fully saturated rings. The number of hydrogen-bond donors (Lipinski definition) is 1. The fraction of sp³-hybridized carbons (Fsp3) is 0.462. The van der Waals surface area contributed by atoms with Crippen molar-refractivity contribution in [2.75, 3.05) is 5.43 Å². The van der Waals surface area contributed by atoms with Crippen molar-refractivity contribution in [3.05, 3.63) is 34.4 Å². The van der Waals surface area contributed by atoms with E-state index in [4.69, 9.17) is 0 Å². The van der Waals surface area contributed by atoms with Crippen LogP contribution >= 0.6 is 0 Å². The molecule has 0 aliphatic heterocycles. The number of nitro benzene ring substituents is 1. The monoisotopic (exact) mass is 247 g/mol. The summed E-state index contributed by atoms with van der Waals surface area (Å²) in [6.07, 6.45) is 4.36. The molecule has 0 heterocycles. The minimum atomic E-state index is -0.397. The maximum Gasteiger partial charge on any atom is 0.294 e. The fourth-order valence-electron chi connectivity index (χ4n) is 2.23. The summed E-state index contributed by atoms with van der Waals surface area (Å²) < 4.78 is 0. The van der Waals surface area contributed by atoms with Gasteiger partial charge >= 0.3 is 0 Å². The van der Waals surface area contributed by atoms with Crippen molar-refractivity contribution in [2.24, 2.45) is 11.0 Å². The maximum atomic E-state index is 10.8. The number of nitro groups is 1. The first-order chi connectivity index (χ1) is 8.66. The minimum absolute atomic E-state index is 0.0608. The summed E-state index contributed by atoms with van der Waals surface area (Å²) in [6, 6.07) is 6.57. The van der Waals surface area contributed by atoms with Crippen molar-refractivity contribution in [3.63, 3.8) is 0 Å². The van der Waals surface area contributed by atoms with Gasteiger partial charge in [-0.2, -0.15) is 5.10 Å². The summed E-state index contributed by atoms with van der Waals surface area (Å²) in [6.45, 7) is 2.21. The smallest absolute Gasteiger partial charge is 0.272 e. The molecule has 1 atom stereocenters. The molecule has 2 rings (SSSR count). The van der Waals surface area contributed by atoms with Crippen LogP contribution in [0.3, 0.4) is 0 Å². The summed E-state index contributed by atoms with van der Waals surface area (Å²) in [7, 11) is 0. The molecule has 0 bridgehead atoms. The molecule has 0 unspecified atom stereocenters. The van der Waals surface area contributed by atoms with Crippen LogP contribution in [0.2, 0.25) is 0 Å². The van der Waals surface area contributed by atoms with Crippen LogP contribution in [0.4, 0.5) is 11.4 Å². The zero-order valence-corrected chi connectivity index (χ0v) is 10.4. The van der Waals surface area contributed by atoms with Crippen LogP contribution < -0.4 is 5.43 Å². The van der Waals surface area contributed by atoms with Crippen LogP contribution in [0, 0.1) is 16.0 Å². The Morgan fingerprint density at radius 2 is 2.22 bits per heavy atom. The Bertz CT molecular complexity index is 471. The fourth-order valence-corrected chi connectivity index (χ4v) is 2.23. The second kappa shape index (κ2) is 5.62. The van der Waals surface area contributed by atoms with E-state index in [0.717, 1.165) is 25.0 Å². The molecule has 1 aromatic rings. The Hall–Kier alpha value is -1.91. The first-order valence-corrected chi connectivity index (χ1v) is 6.21. The molecule has 0 saturated heterocycles. The van der Waals surface area contributed by atoms with Crippen molar-refractivity contribution in [3.8, 4) is 0 Å². The normalized spacial score (nSPS) is 21.8. The molecule has 1 N–H and O–H groups in total. The predicted molar refractivity (Wildman–Crippen MR) is 71.8 cm³/mol. The van der Waals surface area contributed by atoms with Crippen molar-refractivity contribution >= 4 is 17.1 Å². The maximum absolute atomic E-state index is 10.8. The van der Waals surface area contributed by atoms with Crippen molar-refractivity contribution in [2.45, 2.75) is 32.6 Å². The molecule has 5 heteroatoms. The van der Waals surface area contributed by atoms with Gasteiger partial charge < -0.3 is 0 Å². The third-order valence-electron chi connectivity index (χ3n) is 3.18. The molecular weight excluding hydrogens is 230 g/mol. The molecule has 1 saturated carbocycles. The number of nitrogens with one attached hydrogen (secondary N) is 1. The Kier molecular flexibility index (Phi) is 3.92. The Balaban J connectivity index is 2.10. The second-order valence-electron chi connectivity index (χ2n) is 4.77. The predicted octanol–water partition coefficient (Wildman–Crippen LogP) is 3.57. The highest BCUT2D eigenvalue weighted by Crippen LogP contribution is 2.25. The van der Waals surface area contributed by atoms with Crippen LogP contribution in [-0.4, -0.2) is 10.6 Å². The van der Waals surface area contributed by atoms with E-state index in [0.29, 0.717) is 11.6 Å². The van der Waals surface area contributed by atoms with Crippen LogP contribution in [0.1, 0.15) is 32.6 Å². The van der Waals surface area contributed by atoms with E-state index < -0.39 is 4.92 Å². The number of hydrazone groups is 1. The van der Waals surface area contributed by atoms with Crippen LogP contribution in [0.15, 0.2) is 29.4 Å². The zero-order chi connectivity index (χ0) is 13.0. The highest BCUT2D eigenvalue weighted by molar-refractivity contribution is 5.86. The van der Waals surface area contributed by atoms with Gasteiger partial charge in [0.1, 0.15) is 5.69 Å². The Labute approximate surface area is 106 Å². The topological polar surface area (TPSA) is 67.5 Å². The van der Waals surface area contributed by atoms with Gasteiger partial charge in [0.15, 0.2) is 0 Å². The van der Waals surface area contributed by atoms with Gasteiger partial charge in [-0.05, 0) is 37.7 Å². The summed E-state index contributed by atoms with van der Waals surface area (Å²) in [5, 5.41) is 15.2. The molecular formula is C13H17N3O2. The largest absolute Gasteiger partial charge is 0.294 e. The molecule has 1 aromatic carbocycles. The molecule has 0 aromatic heterocycles. The van der Waals surface area contributed by atoms with Gasteiger partial charge in [0.25, 0.3) is 5.69 Å². The lowest BCUT2D eigenvalue weighted by molar-refractivity contribution is -0.384. The van der Waals surface area contributed by atoms with Gasteiger partial charge in [0.2, 0.25) is 0 Å². The Morgan fingerprint density at radius 1 is 1.44 bits per heavy atom. The third-order valence-corrected chi connectivity index (χ3v) is 3.18. The van der Waals surface area contributed by atoms with Crippen molar-refractivity contribution in [1.82, 2.24) is 0 Å². The average molecular weight is 247 g/mol. The molecule has 5 nitrogen and oxygen atoms in total. The van der Waals surface area contributed by atoms with Crippen LogP contribution in [0.25, 0.3) is 0 Å². The summed E-state index contributed by atoms with van der Waals surface area (Å²) in [5.74, 6) is 0.657. The lowest BCUT2D eigenvalue weighted by Crippen LogP contribution is -2.14. The molecule has 0 amide bonds. The van der Waals surface area contributed by atoms with Gasteiger partial charge in [-0.25, -0.2) is 0 Å². The lowest BCUT2D eigenvalue weighted by atomic mass is 9.89. The van der Waals surface area contributed by atoms with E-state index in [1.807, 2.05) is 0 Å². The van der Waals surface area contributed by atoms with E-state index in [9.17, 15) is 10.1 Å². The van der Waals surface area contributed by atoms with E-state index in [-0.39, 0.29) is 5.69 Å². The number of rotatable bonds is 3. The molecule has 96 valence electrons. The van der Waals surface area contributed by atoms with Crippen LogP contribution in [0.5, 0.6) is 0 Å². The number of hydrogen-bond acceptors (Lipinski definition) is 4. The zero-order valence-electron chi connectivity index (χ0n) is 10.4. The highest BCUT2D eigenvalue weighted by atomic mass is 16.6. The SMILES string of the molecule is C[C@H]1CCC/C(=N\Nc2ccccc2[N+](=O)[O-])C1. The highest BCUT2D eigenvalue weighted by Gasteiger charge is 2.15. The number of nitrogens with zero attached hydrogens (tertiary/aromatic N) is 2. The quantitative estimate of drug-likeness (QED) is 0.655. The number of para-hydroxylation sites is 2. The van der Waals surface area contributed by atoms with E-state index in [1.165, 1.54) is 12.5 Å². The third kappa shape index (κ3) is 3.06. The molecule has 0 spiro atoms. The summed E-state index contributed by atoms with van der Waals surface area (Å²) in [4.78, 5) is 10.4. The van der Waals surface area contributed by atoms with Crippen molar-refractivity contribution in [1.29, 1.82) is 0 Å². The van der Waals surface area contributed by atoms with Gasteiger partial charge in [0, 0.05) is 11.8 Å². The minimum Gasteiger partial charge on any atom is -0.272 e. The molecule has 1 aliphatic carbocycles. The molecule has 18 heavy (non-hydrogen) atoms. The standard InChI is InChI=1S/C13H17N3O2/c1-10-5-4-6-11(9-10)14-15-12-7-2-3-8-13(12)16(17)18/h2-3,7-8,10,15H,4-6,9H2,1H3/b14-11+/t10-/m0/s1. The first-order valence-electron chi connectivity index (χ1n) is 6.21. The van der Waals surface area contributed by atoms with Gasteiger partial charge in [-0.3, -0.25) is 15.5 Å². The second-order valence-corrected chi connectivity index (χ2v) is 4.77. The van der Waals surface area contributed by atoms with E-state index in [1.54, 1.807) is 18.2 Å². The average Bonchev–Trinajstić information content (AvgIpc) is 2.37. The lowest BCUT2D eigenvalue weighted by Gasteiger charge is -2.19. The first kappa shape index (κ1) is 12.5. The van der Waals surface area contributed by atoms with Gasteiger partial charge in [-0.1, -0.05) is 19.1 Å². The molecule has 0 radical (unpaired) electrons. The van der Waals surface area contributed by atoms with Gasteiger partial charge in [0.05, 0.1) is 4.92 Å². The van der Waals surface area contributed by atoms with E-state index in [2.05, 4.69) is 17.5 Å². The van der Waals surface area contributed by atoms with Crippen LogP contribution in [-0.2, 0) is 0 Å².